The maximum absolute atomic E-state index is 11.3. The number of aliphatic carboxylic acids is 1. The fraction of sp³-hybridized carbons (Fsp3) is 0.222. The highest BCUT2D eigenvalue weighted by Gasteiger charge is 2.13. The monoisotopic (exact) mass is 243 g/mol. The van der Waals surface area contributed by atoms with Gasteiger partial charge in [0.05, 0.1) is 0 Å². The zero-order valence-electron chi connectivity index (χ0n) is 8.40. The number of carbonyl (C=O) groups excluding carboxylic acids is 1. The van der Waals surface area contributed by atoms with Crippen LogP contribution in [0.3, 0.4) is 0 Å². The Morgan fingerprint density at radius 3 is 2.81 bits per heavy atom. The Bertz CT molecular complexity index is 411. The molecule has 0 fully saturated rings. The van der Waals surface area contributed by atoms with Crippen molar-refractivity contribution in [2.24, 2.45) is 0 Å². The van der Waals surface area contributed by atoms with Gasteiger partial charge in [-0.3, -0.25) is 4.79 Å². The number of amides is 2. The van der Waals surface area contributed by atoms with Crippen LogP contribution in [-0.2, 0) is 4.79 Å². The molecule has 0 aliphatic rings. The molecule has 0 radical (unpaired) electrons. The van der Waals surface area contributed by atoms with Crippen molar-refractivity contribution in [2.75, 3.05) is 5.32 Å². The summed E-state index contributed by atoms with van der Waals surface area (Å²) < 4.78 is 0. The first kappa shape index (κ1) is 12.3. The molecule has 0 aliphatic heterocycles. The Balaban J connectivity index is 2.55. The number of hydrogen-bond donors (Lipinski definition) is 3. The smallest absolute Gasteiger partial charge is 0.325 e. The van der Waals surface area contributed by atoms with Crippen molar-refractivity contribution >= 4 is 29.3 Å². The number of pyridine rings is 1. The van der Waals surface area contributed by atoms with Crippen LogP contribution in [0.15, 0.2) is 18.3 Å². The van der Waals surface area contributed by atoms with Gasteiger partial charge in [0.2, 0.25) is 0 Å². The lowest BCUT2D eigenvalue weighted by Crippen LogP contribution is -2.40. The molecule has 1 rings (SSSR count). The van der Waals surface area contributed by atoms with E-state index >= 15 is 0 Å². The molecule has 1 aromatic heterocycles. The molecule has 1 heterocycles. The molecule has 0 saturated carbocycles. The number of aromatic nitrogens is 1. The average Bonchev–Trinajstić information content (AvgIpc) is 2.16. The minimum absolute atomic E-state index is 0.240. The fourth-order valence-electron chi connectivity index (χ4n) is 0.906. The predicted octanol–water partition coefficient (Wildman–Crippen LogP) is 1.33. The lowest BCUT2D eigenvalue weighted by Gasteiger charge is -2.10. The normalized spacial score (nSPS) is 11.6. The van der Waals surface area contributed by atoms with Crippen molar-refractivity contribution in [1.29, 1.82) is 0 Å². The summed E-state index contributed by atoms with van der Waals surface area (Å²) in [7, 11) is 0. The second-order valence-electron chi connectivity index (χ2n) is 3.03. The van der Waals surface area contributed by atoms with Gasteiger partial charge in [-0.15, -0.1) is 0 Å². The van der Waals surface area contributed by atoms with Gasteiger partial charge in [-0.25, -0.2) is 9.78 Å². The first-order valence-electron chi connectivity index (χ1n) is 4.41. The average molecular weight is 244 g/mol. The van der Waals surface area contributed by atoms with Crippen LogP contribution in [-0.4, -0.2) is 28.1 Å². The number of nitrogens with one attached hydrogen (secondary N) is 2. The van der Waals surface area contributed by atoms with E-state index in [1.165, 1.54) is 25.3 Å². The Hall–Kier alpha value is -1.82. The Labute approximate surface area is 96.6 Å². The zero-order valence-corrected chi connectivity index (χ0v) is 9.15. The van der Waals surface area contributed by atoms with Crippen molar-refractivity contribution in [3.8, 4) is 0 Å². The summed E-state index contributed by atoms with van der Waals surface area (Å²) in [6.07, 6.45) is 1.43. The lowest BCUT2D eigenvalue weighted by atomic mass is 10.3. The summed E-state index contributed by atoms with van der Waals surface area (Å²) in [4.78, 5) is 25.5. The zero-order chi connectivity index (χ0) is 12.1. The molecular weight excluding hydrogens is 234 g/mol. The van der Waals surface area contributed by atoms with E-state index in [4.69, 9.17) is 16.7 Å². The number of rotatable bonds is 3. The molecule has 1 aromatic rings. The molecule has 86 valence electrons. The summed E-state index contributed by atoms with van der Waals surface area (Å²) in [5, 5.41) is 13.5. The van der Waals surface area contributed by atoms with E-state index in [0.717, 1.165) is 0 Å². The summed E-state index contributed by atoms with van der Waals surface area (Å²) in [5.74, 6) is -1.11. The van der Waals surface area contributed by atoms with Gasteiger partial charge >= 0.3 is 12.0 Å². The maximum Gasteiger partial charge on any atom is 0.325 e. The van der Waals surface area contributed by atoms with E-state index in [9.17, 15) is 9.59 Å². The highest BCUT2D eigenvalue weighted by Crippen LogP contribution is 2.11. The van der Waals surface area contributed by atoms with E-state index in [-0.39, 0.29) is 5.15 Å². The number of halogens is 1. The molecule has 1 atom stereocenters. The number of carboxylic acids is 1. The molecule has 3 N–H and O–H groups in total. The second-order valence-corrected chi connectivity index (χ2v) is 3.41. The molecule has 2 amide bonds. The first-order chi connectivity index (χ1) is 7.49. The quantitative estimate of drug-likeness (QED) is 0.699. The lowest BCUT2D eigenvalue weighted by molar-refractivity contribution is -0.138. The van der Waals surface area contributed by atoms with E-state index in [1.807, 2.05) is 0 Å². The number of urea groups is 1. The highest BCUT2D eigenvalue weighted by atomic mass is 35.5. The molecule has 7 heteroatoms. The number of nitrogens with zero attached hydrogens (tertiary/aromatic N) is 1. The Morgan fingerprint density at radius 2 is 2.25 bits per heavy atom. The fourth-order valence-corrected chi connectivity index (χ4v) is 1.08. The first-order valence-corrected chi connectivity index (χ1v) is 4.78. The molecule has 16 heavy (non-hydrogen) atoms. The van der Waals surface area contributed by atoms with Crippen LogP contribution in [0.1, 0.15) is 6.92 Å². The second kappa shape index (κ2) is 5.32. The summed E-state index contributed by atoms with van der Waals surface area (Å²) in [6.45, 7) is 1.36. The minimum Gasteiger partial charge on any atom is -0.480 e. The van der Waals surface area contributed by atoms with Crippen LogP contribution in [0.25, 0.3) is 0 Å². The minimum atomic E-state index is -1.11. The van der Waals surface area contributed by atoms with Crippen LogP contribution >= 0.6 is 11.6 Å². The molecule has 0 spiro atoms. The van der Waals surface area contributed by atoms with E-state index < -0.39 is 18.0 Å². The summed E-state index contributed by atoms with van der Waals surface area (Å²) in [5.41, 5.74) is 0.440. The number of carbonyl (C=O) groups is 2. The third-order valence-corrected chi connectivity index (χ3v) is 1.91. The van der Waals surface area contributed by atoms with Crippen molar-refractivity contribution in [3.05, 3.63) is 23.5 Å². The van der Waals surface area contributed by atoms with Crippen molar-refractivity contribution in [3.63, 3.8) is 0 Å². The SMILES string of the molecule is C[C@H](NC(=O)Nc1ccnc(Cl)c1)C(=O)O. The van der Waals surface area contributed by atoms with Gasteiger partial charge in [0.25, 0.3) is 0 Å². The molecule has 0 saturated heterocycles. The standard InChI is InChI=1S/C9H10ClN3O3/c1-5(8(14)15)12-9(16)13-6-2-3-11-7(10)4-6/h2-5H,1H3,(H,14,15)(H2,11,12,13,16)/t5-/m0/s1. The maximum atomic E-state index is 11.3. The molecule has 6 nitrogen and oxygen atoms in total. The van der Waals surface area contributed by atoms with Gasteiger partial charge < -0.3 is 15.7 Å². The van der Waals surface area contributed by atoms with Crippen molar-refractivity contribution in [1.82, 2.24) is 10.3 Å². The summed E-state index contributed by atoms with van der Waals surface area (Å²) in [6, 6.07) is 1.41. The number of hydrogen-bond acceptors (Lipinski definition) is 3. The van der Waals surface area contributed by atoms with Crippen LogP contribution in [0.5, 0.6) is 0 Å². The van der Waals surface area contributed by atoms with Crippen molar-refractivity contribution in [2.45, 2.75) is 13.0 Å². The van der Waals surface area contributed by atoms with Gasteiger partial charge in [-0.1, -0.05) is 11.6 Å². The third-order valence-electron chi connectivity index (χ3n) is 1.70. The number of carboxylic acid groups (broad SMARTS) is 1. The molecular formula is C9H10ClN3O3. The van der Waals surface area contributed by atoms with Crippen LogP contribution in [0, 0.1) is 0 Å². The molecule has 0 aliphatic carbocycles. The van der Waals surface area contributed by atoms with E-state index in [1.54, 1.807) is 0 Å². The van der Waals surface area contributed by atoms with Gasteiger partial charge in [-0.2, -0.15) is 0 Å². The van der Waals surface area contributed by atoms with E-state index in [2.05, 4.69) is 15.6 Å². The van der Waals surface area contributed by atoms with Gasteiger partial charge in [0, 0.05) is 11.9 Å². The Kier molecular flexibility index (Phi) is 4.07. The molecule has 0 aromatic carbocycles. The van der Waals surface area contributed by atoms with Crippen LogP contribution in [0.2, 0.25) is 5.15 Å². The molecule has 0 bridgehead atoms. The predicted molar refractivity (Wildman–Crippen MR) is 58.5 cm³/mol. The number of anilines is 1. The van der Waals surface area contributed by atoms with Gasteiger partial charge in [0.1, 0.15) is 11.2 Å². The topological polar surface area (TPSA) is 91.3 Å². The van der Waals surface area contributed by atoms with Crippen molar-refractivity contribution < 1.29 is 14.7 Å². The van der Waals surface area contributed by atoms with Crippen LogP contribution in [0.4, 0.5) is 10.5 Å². The van der Waals surface area contributed by atoms with Crippen LogP contribution < -0.4 is 10.6 Å². The van der Waals surface area contributed by atoms with E-state index in [0.29, 0.717) is 5.69 Å². The largest absolute Gasteiger partial charge is 0.480 e. The highest BCUT2D eigenvalue weighted by molar-refractivity contribution is 6.29. The third kappa shape index (κ3) is 3.74. The molecule has 0 unspecified atom stereocenters. The van der Waals surface area contributed by atoms with Gasteiger partial charge in [0.15, 0.2) is 0 Å². The van der Waals surface area contributed by atoms with Gasteiger partial charge in [-0.05, 0) is 19.1 Å². The Morgan fingerprint density at radius 1 is 1.56 bits per heavy atom. The summed E-state index contributed by atoms with van der Waals surface area (Å²) >= 11 is 5.61.